The van der Waals surface area contributed by atoms with Gasteiger partial charge in [-0.15, -0.1) is 0 Å². The fourth-order valence-corrected chi connectivity index (χ4v) is 2.62. The molecule has 126 valence electrons. The molecule has 0 aromatic heterocycles. The van der Waals surface area contributed by atoms with E-state index < -0.39 is 11.9 Å². The fourth-order valence-electron chi connectivity index (χ4n) is 2.62. The van der Waals surface area contributed by atoms with Crippen molar-refractivity contribution in [1.29, 1.82) is 0 Å². The average molecular weight is 328 g/mol. The third kappa shape index (κ3) is 5.72. The highest BCUT2D eigenvalue weighted by molar-refractivity contribution is 5.89. The van der Waals surface area contributed by atoms with Crippen LogP contribution in [0.5, 0.6) is 0 Å². The van der Waals surface area contributed by atoms with Crippen molar-refractivity contribution in [2.75, 3.05) is 6.54 Å². The van der Waals surface area contributed by atoms with Crippen molar-refractivity contribution in [3.05, 3.63) is 53.1 Å². The van der Waals surface area contributed by atoms with Crippen LogP contribution in [0.25, 0.3) is 6.08 Å². The van der Waals surface area contributed by atoms with Crippen molar-refractivity contribution in [3.8, 4) is 0 Å². The first-order chi connectivity index (χ1) is 11.5. The molecular weight excluding hydrogens is 308 g/mol. The second kappa shape index (κ2) is 8.67. The summed E-state index contributed by atoms with van der Waals surface area (Å²) in [6.45, 7) is 0.930. The van der Waals surface area contributed by atoms with Crippen LogP contribution in [0.2, 0.25) is 0 Å². The van der Waals surface area contributed by atoms with Crippen LogP contribution in [0.15, 0.2) is 47.0 Å². The van der Waals surface area contributed by atoms with E-state index in [4.69, 9.17) is 10.2 Å². The number of carbonyl (C=O) groups is 2. The smallest absolute Gasteiger partial charge is 0.328 e. The van der Waals surface area contributed by atoms with Gasteiger partial charge in [0.15, 0.2) is 0 Å². The lowest BCUT2D eigenvalue weighted by atomic mass is 9.89. The Kier molecular flexibility index (Phi) is 6.31. The molecule has 0 fully saturated rings. The molecule has 0 amide bonds. The molecule has 0 bridgehead atoms. The molecule has 1 atom stereocenters. The predicted molar refractivity (Wildman–Crippen MR) is 92.1 cm³/mol. The maximum atomic E-state index is 9.55. The lowest BCUT2D eigenvalue weighted by Gasteiger charge is -2.18. The van der Waals surface area contributed by atoms with Crippen LogP contribution in [-0.2, 0) is 16.0 Å². The standard InChI is InChI=1S/C14H16N2.C4H4O4/c1-2-4-13-7-11(5-6-12(13)3-1)8-14-9-15-10-16-14;5-3(6)1-2-4(7)8/h1-4,7,10,14H,5-6,8-9H2,(H,15,16);1-2H,(H,5,6)(H,7,8)/t14-;/m1./s1. The topological polar surface area (TPSA) is 99.0 Å². The molecule has 3 rings (SSSR count). The highest BCUT2D eigenvalue weighted by Gasteiger charge is 2.15. The first-order valence-electron chi connectivity index (χ1n) is 7.70. The number of aryl methyl sites for hydroxylation is 1. The van der Waals surface area contributed by atoms with Crippen molar-refractivity contribution < 1.29 is 19.8 Å². The number of rotatable bonds is 4. The van der Waals surface area contributed by atoms with Crippen LogP contribution >= 0.6 is 0 Å². The summed E-state index contributed by atoms with van der Waals surface area (Å²) in [6.07, 6.45) is 8.84. The van der Waals surface area contributed by atoms with Gasteiger partial charge in [0, 0.05) is 12.2 Å². The molecule has 1 aliphatic heterocycles. The zero-order valence-corrected chi connectivity index (χ0v) is 13.2. The quantitative estimate of drug-likeness (QED) is 0.735. The van der Waals surface area contributed by atoms with Gasteiger partial charge in [-0.25, -0.2) is 9.59 Å². The molecule has 3 N–H and O–H groups in total. The highest BCUT2D eigenvalue weighted by atomic mass is 16.4. The molecule has 0 unspecified atom stereocenters. The van der Waals surface area contributed by atoms with Crippen molar-refractivity contribution in [2.24, 2.45) is 4.99 Å². The highest BCUT2D eigenvalue weighted by Crippen LogP contribution is 2.26. The first-order valence-corrected chi connectivity index (χ1v) is 7.70. The molecule has 1 heterocycles. The number of benzene rings is 1. The Morgan fingerprint density at radius 3 is 2.50 bits per heavy atom. The van der Waals surface area contributed by atoms with Gasteiger partial charge >= 0.3 is 11.9 Å². The average Bonchev–Trinajstić information content (AvgIpc) is 3.06. The number of aliphatic imine (C=N–C) groups is 1. The Morgan fingerprint density at radius 1 is 1.17 bits per heavy atom. The summed E-state index contributed by atoms with van der Waals surface area (Å²) in [6, 6.07) is 9.22. The van der Waals surface area contributed by atoms with E-state index in [1.165, 1.54) is 24.0 Å². The Balaban J connectivity index is 0.000000224. The zero-order chi connectivity index (χ0) is 17.4. The Bertz CT molecular complexity index is 668. The van der Waals surface area contributed by atoms with Crippen molar-refractivity contribution in [3.63, 3.8) is 0 Å². The SMILES string of the molecule is C1=NC[C@@H](CC2=Cc3ccccc3CC2)N1.O=C(O)C=CC(=O)O. The van der Waals surface area contributed by atoms with E-state index in [0.717, 1.165) is 13.0 Å². The molecule has 24 heavy (non-hydrogen) atoms. The van der Waals surface area contributed by atoms with Crippen LogP contribution < -0.4 is 5.32 Å². The lowest BCUT2D eigenvalue weighted by molar-refractivity contribution is -0.134. The number of aliphatic carboxylic acids is 2. The van der Waals surface area contributed by atoms with Crippen LogP contribution in [0.4, 0.5) is 0 Å². The van der Waals surface area contributed by atoms with Gasteiger partial charge in [0.05, 0.1) is 18.9 Å². The van der Waals surface area contributed by atoms with Crippen molar-refractivity contribution >= 4 is 24.4 Å². The number of hydrogen-bond acceptors (Lipinski definition) is 4. The minimum absolute atomic E-state index is 0.525. The molecule has 6 heteroatoms. The summed E-state index contributed by atoms with van der Waals surface area (Å²) in [7, 11) is 0. The Labute approximate surface area is 140 Å². The number of nitrogens with zero attached hydrogens (tertiary/aromatic N) is 1. The molecule has 0 radical (unpaired) electrons. The van der Waals surface area contributed by atoms with E-state index in [9.17, 15) is 9.59 Å². The maximum absolute atomic E-state index is 9.55. The van der Waals surface area contributed by atoms with Gasteiger partial charge in [0.25, 0.3) is 0 Å². The summed E-state index contributed by atoms with van der Waals surface area (Å²) >= 11 is 0. The van der Waals surface area contributed by atoms with E-state index in [0.29, 0.717) is 18.2 Å². The lowest BCUT2D eigenvalue weighted by Crippen LogP contribution is -2.25. The Morgan fingerprint density at radius 2 is 1.88 bits per heavy atom. The van der Waals surface area contributed by atoms with Gasteiger partial charge in [0.2, 0.25) is 0 Å². The zero-order valence-electron chi connectivity index (χ0n) is 13.2. The van der Waals surface area contributed by atoms with Gasteiger partial charge in [-0.2, -0.15) is 0 Å². The second-order valence-electron chi connectivity index (χ2n) is 5.57. The first kappa shape index (κ1) is 17.5. The molecule has 0 spiro atoms. The third-order valence-corrected chi connectivity index (χ3v) is 3.73. The monoisotopic (exact) mass is 328 g/mol. The molecule has 1 aromatic carbocycles. The summed E-state index contributed by atoms with van der Waals surface area (Å²) < 4.78 is 0. The van der Waals surface area contributed by atoms with E-state index in [1.54, 1.807) is 5.57 Å². The third-order valence-electron chi connectivity index (χ3n) is 3.73. The van der Waals surface area contributed by atoms with E-state index in [-0.39, 0.29) is 0 Å². The van der Waals surface area contributed by atoms with Crippen LogP contribution in [0, 0.1) is 0 Å². The summed E-state index contributed by atoms with van der Waals surface area (Å²) in [5.74, 6) is -2.51. The van der Waals surface area contributed by atoms with Crippen LogP contribution in [-0.4, -0.2) is 41.1 Å². The predicted octanol–water partition coefficient (Wildman–Crippen LogP) is 2.12. The van der Waals surface area contributed by atoms with Gasteiger partial charge in [-0.1, -0.05) is 35.9 Å². The van der Waals surface area contributed by atoms with Crippen molar-refractivity contribution in [2.45, 2.75) is 25.3 Å². The van der Waals surface area contributed by atoms with E-state index in [2.05, 4.69) is 40.7 Å². The van der Waals surface area contributed by atoms with Gasteiger partial charge in [0.1, 0.15) is 0 Å². The summed E-state index contributed by atoms with van der Waals surface area (Å²) in [5, 5.41) is 18.9. The van der Waals surface area contributed by atoms with Gasteiger partial charge in [-0.05, 0) is 30.4 Å². The van der Waals surface area contributed by atoms with Crippen LogP contribution in [0.1, 0.15) is 24.0 Å². The van der Waals surface area contributed by atoms with Gasteiger partial charge in [-0.3, -0.25) is 4.99 Å². The minimum Gasteiger partial charge on any atom is -0.478 e. The number of carboxylic acid groups (broad SMARTS) is 2. The summed E-state index contributed by atoms with van der Waals surface area (Å²) in [4.78, 5) is 23.3. The van der Waals surface area contributed by atoms with E-state index >= 15 is 0 Å². The molecule has 1 aromatic rings. The number of carboxylic acids is 2. The number of nitrogens with one attached hydrogen (secondary N) is 1. The molecule has 0 saturated heterocycles. The second-order valence-corrected chi connectivity index (χ2v) is 5.57. The summed E-state index contributed by atoms with van der Waals surface area (Å²) in [5.41, 5.74) is 4.45. The maximum Gasteiger partial charge on any atom is 0.328 e. The normalized spacial score (nSPS) is 18.2. The molecule has 0 saturated carbocycles. The van der Waals surface area contributed by atoms with Crippen molar-refractivity contribution in [1.82, 2.24) is 5.32 Å². The Hall–Kier alpha value is -2.89. The largest absolute Gasteiger partial charge is 0.478 e. The fraction of sp³-hybridized carbons (Fsp3) is 0.278. The van der Waals surface area contributed by atoms with E-state index in [1.807, 2.05) is 6.34 Å². The number of hydrogen-bond donors (Lipinski definition) is 3. The molecular formula is C18H20N2O4. The molecule has 2 aliphatic rings. The minimum atomic E-state index is -1.26. The molecule has 1 aliphatic carbocycles. The molecule has 6 nitrogen and oxygen atoms in total. The van der Waals surface area contributed by atoms with Gasteiger partial charge < -0.3 is 15.5 Å². The van der Waals surface area contributed by atoms with Crippen LogP contribution in [0.3, 0.4) is 0 Å². The number of fused-ring (bicyclic) bond motifs is 1.